The SMILES string of the molecule is O=C(C=Cc1ccc(Cl)c(Cl)c1)Nc1ccc(C(=O)N2CCOCC2)cc1. The van der Waals surface area contributed by atoms with Gasteiger partial charge in [-0.1, -0.05) is 29.3 Å². The molecule has 0 radical (unpaired) electrons. The van der Waals surface area contributed by atoms with Crippen molar-refractivity contribution >= 4 is 46.8 Å². The minimum atomic E-state index is -0.284. The number of carbonyl (C=O) groups is 2. The number of ether oxygens (including phenoxy) is 1. The van der Waals surface area contributed by atoms with E-state index in [1.54, 1.807) is 53.4 Å². The Morgan fingerprint density at radius 2 is 1.70 bits per heavy atom. The largest absolute Gasteiger partial charge is 0.378 e. The van der Waals surface area contributed by atoms with Gasteiger partial charge in [0.1, 0.15) is 0 Å². The van der Waals surface area contributed by atoms with E-state index in [2.05, 4.69) is 5.32 Å². The molecule has 0 aromatic heterocycles. The van der Waals surface area contributed by atoms with Crippen LogP contribution in [0.25, 0.3) is 6.08 Å². The summed E-state index contributed by atoms with van der Waals surface area (Å²) in [6.07, 6.45) is 3.06. The molecular weight excluding hydrogens is 387 g/mol. The maximum absolute atomic E-state index is 12.4. The molecule has 1 N–H and O–H groups in total. The van der Waals surface area contributed by atoms with Gasteiger partial charge < -0.3 is 15.0 Å². The maximum Gasteiger partial charge on any atom is 0.254 e. The summed E-state index contributed by atoms with van der Waals surface area (Å²) in [6, 6.07) is 11.9. The molecule has 27 heavy (non-hydrogen) atoms. The van der Waals surface area contributed by atoms with Crippen LogP contribution in [-0.2, 0) is 9.53 Å². The molecule has 3 rings (SSSR count). The topological polar surface area (TPSA) is 58.6 Å². The molecule has 7 heteroatoms. The lowest BCUT2D eigenvalue weighted by atomic mass is 10.1. The zero-order chi connectivity index (χ0) is 19.2. The highest BCUT2D eigenvalue weighted by molar-refractivity contribution is 6.42. The number of halogens is 2. The van der Waals surface area contributed by atoms with Crippen molar-refractivity contribution in [2.45, 2.75) is 0 Å². The molecule has 1 aliphatic rings. The summed E-state index contributed by atoms with van der Waals surface area (Å²) in [5.74, 6) is -0.316. The van der Waals surface area contributed by atoms with Gasteiger partial charge in [0.2, 0.25) is 5.91 Å². The van der Waals surface area contributed by atoms with Crippen molar-refractivity contribution in [3.05, 3.63) is 69.7 Å². The molecule has 0 saturated carbocycles. The van der Waals surface area contributed by atoms with Gasteiger partial charge in [-0.15, -0.1) is 0 Å². The molecule has 140 valence electrons. The predicted octanol–water partition coefficient (Wildman–Crippen LogP) is 4.12. The third-order valence-electron chi connectivity index (χ3n) is 4.07. The molecule has 0 unspecified atom stereocenters. The molecule has 2 aromatic carbocycles. The van der Waals surface area contributed by atoms with Crippen molar-refractivity contribution in [1.82, 2.24) is 4.90 Å². The lowest BCUT2D eigenvalue weighted by Gasteiger charge is -2.26. The molecule has 1 heterocycles. The van der Waals surface area contributed by atoms with Gasteiger partial charge in [-0.05, 0) is 48.0 Å². The lowest BCUT2D eigenvalue weighted by Crippen LogP contribution is -2.40. The first kappa shape index (κ1) is 19.4. The molecule has 0 spiro atoms. The Morgan fingerprint density at radius 3 is 2.37 bits per heavy atom. The Labute approximate surface area is 167 Å². The summed E-state index contributed by atoms with van der Waals surface area (Å²) in [6.45, 7) is 2.31. The van der Waals surface area contributed by atoms with Crippen LogP contribution in [-0.4, -0.2) is 43.0 Å². The van der Waals surface area contributed by atoms with Gasteiger partial charge in [-0.3, -0.25) is 9.59 Å². The van der Waals surface area contributed by atoms with Crippen LogP contribution in [0.1, 0.15) is 15.9 Å². The first-order valence-electron chi connectivity index (χ1n) is 8.44. The fourth-order valence-corrected chi connectivity index (χ4v) is 2.92. The zero-order valence-electron chi connectivity index (χ0n) is 14.5. The second-order valence-corrected chi connectivity index (χ2v) is 6.79. The van der Waals surface area contributed by atoms with E-state index in [0.29, 0.717) is 47.6 Å². The van der Waals surface area contributed by atoms with E-state index in [9.17, 15) is 9.59 Å². The van der Waals surface area contributed by atoms with Crippen LogP contribution in [0.15, 0.2) is 48.5 Å². The number of hydrogen-bond acceptors (Lipinski definition) is 3. The average Bonchev–Trinajstić information content (AvgIpc) is 2.69. The number of benzene rings is 2. The second-order valence-electron chi connectivity index (χ2n) is 5.98. The van der Waals surface area contributed by atoms with E-state index in [4.69, 9.17) is 27.9 Å². The van der Waals surface area contributed by atoms with Gasteiger partial charge in [0.05, 0.1) is 23.3 Å². The van der Waals surface area contributed by atoms with Crippen LogP contribution >= 0.6 is 23.2 Å². The third-order valence-corrected chi connectivity index (χ3v) is 4.81. The molecule has 0 aliphatic carbocycles. The van der Waals surface area contributed by atoms with E-state index in [-0.39, 0.29) is 11.8 Å². The van der Waals surface area contributed by atoms with Crippen molar-refractivity contribution in [2.24, 2.45) is 0 Å². The monoisotopic (exact) mass is 404 g/mol. The van der Waals surface area contributed by atoms with Crippen molar-refractivity contribution in [3.63, 3.8) is 0 Å². The Bertz CT molecular complexity index is 860. The normalized spacial score (nSPS) is 14.4. The molecule has 2 aromatic rings. The van der Waals surface area contributed by atoms with E-state index in [0.717, 1.165) is 5.56 Å². The highest BCUT2D eigenvalue weighted by atomic mass is 35.5. The van der Waals surface area contributed by atoms with Crippen LogP contribution in [0.4, 0.5) is 5.69 Å². The van der Waals surface area contributed by atoms with Gasteiger partial charge in [-0.2, -0.15) is 0 Å². The van der Waals surface area contributed by atoms with Crippen molar-refractivity contribution in [3.8, 4) is 0 Å². The lowest BCUT2D eigenvalue weighted by molar-refractivity contribution is -0.111. The van der Waals surface area contributed by atoms with Crippen LogP contribution in [0.3, 0.4) is 0 Å². The van der Waals surface area contributed by atoms with Gasteiger partial charge >= 0.3 is 0 Å². The van der Waals surface area contributed by atoms with Crippen LogP contribution in [0.2, 0.25) is 10.0 Å². The summed E-state index contributed by atoms with van der Waals surface area (Å²) in [7, 11) is 0. The summed E-state index contributed by atoms with van der Waals surface area (Å²) in [5, 5.41) is 3.65. The summed E-state index contributed by atoms with van der Waals surface area (Å²) >= 11 is 11.8. The summed E-state index contributed by atoms with van der Waals surface area (Å²) in [4.78, 5) is 26.2. The summed E-state index contributed by atoms with van der Waals surface area (Å²) in [5.41, 5.74) is 1.96. The number of hydrogen-bond donors (Lipinski definition) is 1. The standard InChI is InChI=1S/C20H18Cl2N2O3/c21-17-7-1-14(13-18(17)22)2-8-19(25)23-16-5-3-15(4-6-16)20(26)24-9-11-27-12-10-24/h1-8,13H,9-12H2,(H,23,25). The van der Waals surface area contributed by atoms with Gasteiger partial charge in [-0.25, -0.2) is 0 Å². The number of carbonyl (C=O) groups excluding carboxylic acids is 2. The van der Waals surface area contributed by atoms with E-state index >= 15 is 0 Å². The van der Waals surface area contributed by atoms with Crippen LogP contribution in [0.5, 0.6) is 0 Å². The Hall–Kier alpha value is -2.34. The number of amides is 2. The van der Waals surface area contributed by atoms with Crippen LogP contribution in [0, 0.1) is 0 Å². The van der Waals surface area contributed by atoms with E-state index < -0.39 is 0 Å². The molecule has 5 nitrogen and oxygen atoms in total. The first-order chi connectivity index (χ1) is 13.0. The molecule has 0 bridgehead atoms. The zero-order valence-corrected chi connectivity index (χ0v) is 16.0. The quantitative estimate of drug-likeness (QED) is 0.779. The molecule has 0 atom stereocenters. The average molecular weight is 405 g/mol. The number of rotatable bonds is 4. The molecule has 1 fully saturated rings. The highest BCUT2D eigenvalue weighted by Gasteiger charge is 2.18. The van der Waals surface area contributed by atoms with Gasteiger partial charge in [0.25, 0.3) is 5.91 Å². The Morgan fingerprint density at radius 1 is 1.00 bits per heavy atom. The van der Waals surface area contributed by atoms with E-state index in [1.165, 1.54) is 6.08 Å². The molecular formula is C20H18Cl2N2O3. The molecule has 2 amide bonds. The number of anilines is 1. The number of nitrogens with one attached hydrogen (secondary N) is 1. The minimum Gasteiger partial charge on any atom is -0.378 e. The third kappa shape index (κ3) is 5.32. The first-order valence-corrected chi connectivity index (χ1v) is 9.20. The fraction of sp³-hybridized carbons (Fsp3) is 0.200. The minimum absolute atomic E-state index is 0.0318. The Kier molecular flexibility index (Phi) is 6.50. The second kappa shape index (κ2) is 9.04. The van der Waals surface area contributed by atoms with Crippen molar-refractivity contribution in [2.75, 3.05) is 31.6 Å². The number of nitrogens with zero attached hydrogens (tertiary/aromatic N) is 1. The molecule has 1 aliphatic heterocycles. The van der Waals surface area contributed by atoms with Crippen LogP contribution < -0.4 is 5.32 Å². The maximum atomic E-state index is 12.4. The number of morpholine rings is 1. The van der Waals surface area contributed by atoms with Gasteiger partial charge in [0, 0.05) is 30.4 Å². The van der Waals surface area contributed by atoms with Crippen molar-refractivity contribution in [1.29, 1.82) is 0 Å². The summed E-state index contributed by atoms with van der Waals surface area (Å²) < 4.78 is 5.25. The Balaban J connectivity index is 1.58. The van der Waals surface area contributed by atoms with E-state index in [1.807, 2.05) is 0 Å². The predicted molar refractivity (Wildman–Crippen MR) is 107 cm³/mol. The van der Waals surface area contributed by atoms with Crippen molar-refractivity contribution < 1.29 is 14.3 Å². The highest BCUT2D eigenvalue weighted by Crippen LogP contribution is 2.23. The smallest absolute Gasteiger partial charge is 0.254 e. The molecule has 1 saturated heterocycles. The van der Waals surface area contributed by atoms with Gasteiger partial charge in [0.15, 0.2) is 0 Å². The fourth-order valence-electron chi connectivity index (χ4n) is 2.62.